The molecule has 2 aromatic heterocycles. The molecule has 21 heavy (non-hydrogen) atoms. The maximum absolute atomic E-state index is 12.3. The van der Waals surface area contributed by atoms with Gasteiger partial charge in [0.1, 0.15) is 11.3 Å². The van der Waals surface area contributed by atoms with Crippen LogP contribution >= 0.6 is 27.3 Å². The van der Waals surface area contributed by atoms with Gasteiger partial charge in [0.05, 0.1) is 8.66 Å². The van der Waals surface area contributed by atoms with Crippen molar-refractivity contribution in [3.8, 4) is 10.6 Å². The van der Waals surface area contributed by atoms with E-state index in [-0.39, 0.29) is 11.8 Å². The predicted octanol–water partition coefficient (Wildman–Crippen LogP) is 4.06. The Morgan fingerprint density at radius 2 is 2.24 bits per heavy atom. The van der Waals surface area contributed by atoms with E-state index in [1.165, 1.54) is 24.2 Å². The van der Waals surface area contributed by atoms with Crippen molar-refractivity contribution in [1.29, 1.82) is 0 Å². The van der Waals surface area contributed by atoms with E-state index in [2.05, 4.69) is 33.3 Å². The average molecular weight is 372 g/mol. The number of rotatable bonds is 7. The first-order chi connectivity index (χ1) is 10.1. The number of unbranched alkanes of at least 4 members (excludes halogenated alkanes) is 3. The summed E-state index contributed by atoms with van der Waals surface area (Å²) in [6.07, 6.45) is 4.43. The lowest BCUT2D eigenvalue weighted by Gasteiger charge is -2.04. The topological polar surface area (TPSA) is 81.2 Å². The number of hydrogen-bond acceptors (Lipinski definition) is 5. The van der Waals surface area contributed by atoms with Crippen LogP contribution in [0.2, 0.25) is 0 Å². The lowest BCUT2D eigenvalue weighted by molar-refractivity contribution is 0.0954. The number of nitrogens with one attached hydrogen (secondary N) is 1. The van der Waals surface area contributed by atoms with Gasteiger partial charge in [-0.05, 0) is 34.5 Å². The number of amides is 1. The van der Waals surface area contributed by atoms with Crippen LogP contribution in [0, 0.1) is 0 Å². The minimum Gasteiger partial charge on any atom is -0.367 e. The van der Waals surface area contributed by atoms with Crippen molar-refractivity contribution >= 4 is 39.1 Å². The Bertz CT molecular complexity index is 609. The summed E-state index contributed by atoms with van der Waals surface area (Å²) < 4.78 is 5.95. The van der Waals surface area contributed by atoms with Crippen LogP contribution in [0.25, 0.3) is 10.6 Å². The van der Waals surface area contributed by atoms with Crippen LogP contribution in [-0.2, 0) is 0 Å². The molecule has 114 valence electrons. The van der Waals surface area contributed by atoms with E-state index < -0.39 is 0 Å². The van der Waals surface area contributed by atoms with E-state index in [9.17, 15) is 4.79 Å². The van der Waals surface area contributed by atoms with Crippen LogP contribution in [0.4, 0.5) is 5.88 Å². The summed E-state index contributed by atoms with van der Waals surface area (Å²) in [5.41, 5.74) is 6.56. The summed E-state index contributed by atoms with van der Waals surface area (Å²) in [6.45, 7) is 2.79. The number of carbonyl (C=O) groups is 1. The van der Waals surface area contributed by atoms with Gasteiger partial charge in [-0.15, -0.1) is 11.3 Å². The third-order valence-corrected chi connectivity index (χ3v) is 4.70. The van der Waals surface area contributed by atoms with Gasteiger partial charge in [0.25, 0.3) is 5.91 Å². The first kappa shape index (κ1) is 16.0. The first-order valence-corrected chi connectivity index (χ1v) is 8.53. The van der Waals surface area contributed by atoms with Crippen molar-refractivity contribution in [2.45, 2.75) is 32.6 Å². The van der Waals surface area contributed by atoms with Gasteiger partial charge in [-0.25, -0.2) is 0 Å². The molecule has 3 N–H and O–H groups in total. The molecule has 0 spiro atoms. The summed E-state index contributed by atoms with van der Waals surface area (Å²) in [6, 6.07) is 3.78. The highest BCUT2D eigenvalue weighted by Gasteiger charge is 2.23. The zero-order valence-corrected chi connectivity index (χ0v) is 14.2. The van der Waals surface area contributed by atoms with Crippen LogP contribution in [0.5, 0.6) is 0 Å². The summed E-state index contributed by atoms with van der Waals surface area (Å²) in [5, 5.41) is 6.78. The summed E-state index contributed by atoms with van der Waals surface area (Å²) in [5.74, 6) is -0.176. The van der Waals surface area contributed by atoms with Gasteiger partial charge in [-0.1, -0.05) is 31.3 Å². The van der Waals surface area contributed by atoms with Crippen molar-refractivity contribution in [1.82, 2.24) is 10.5 Å². The van der Waals surface area contributed by atoms with E-state index in [1.807, 2.05) is 12.1 Å². The zero-order chi connectivity index (χ0) is 15.2. The molecule has 0 atom stereocenters. The molecule has 2 heterocycles. The van der Waals surface area contributed by atoms with E-state index in [4.69, 9.17) is 10.3 Å². The molecule has 5 nitrogen and oxygen atoms in total. The molecule has 0 fully saturated rings. The Morgan fingerprint density at radius 3 is 2.90 bits per heavy atom. The van der Waals surface area contributed by atoms with Crippen molar-refractivity contribution in [2.24, 2.45) is 0 Å². The third kappa shape index (κ3) is 4.07. The minimum absolute atomic E-state index is 0.0561. The number of halogens is 1. The molecular formula is C14H18BrN3O2S. The number of anilines is 1. The molecule has 0 bridgehead atoms. The van der Waals surface area contributed by atoms with Gasteiger partial charge in [0, 0.05) is 6.54 Å². The van der Waals surface area contributed by atoms with E-state index in [1.54, 1.807) is 0 Å². The molecule has 0 radical (unpaired) electrons. The summed E-state index contributed by atoms with van der Waals surface area (Å²) in [4.78, 5) is 13.1. The Labute approximate surface area is 136 Å². The van der Waals surface area contributed by atoms with Crippen molar-refractivity contribution in [3.05, 3.63) is 21.5 Å². The molecule has 0 aliphatic rings. The molecule has 2 rings (SSSR count). The maximum Gasteiger partial charge on any atom is 0.259 e. The second-order valence-corrected chi connectivity index (χ2v) is 7.15. The van der Waals surface area contributed by atoms with Gasteiger partial charge in [-0.3, -0.25) is 4.79 Å². The van der Waals surface area contributed by atoms with Gasteiger partial charge in [0.15, 0.2) is 0 Å². The second-order valence-electron chi connectivity index (χ2n) is 4.69. The second kappa shape index (κ2) is 7.61. The Hall–Kier alpha value is -1.34. The van der Waals surface area contributed by atoms with Crippen molar-refractivity contribution < 1.29 is 9.32 Å². The van der Waals surface area contributed by atoms with Crippen molar-refractivity contribution in [3.63, 3.8) is 0 Å². The largest absolute Gasteiger partial charge is 0.367 e. The summed E-state index contributed by atoms with van der Waals surface area (Å²) >= 11 is 4.87. The molecule has 0 unspecified atom stereocenters. The fourth-order valence-electron chi connectivity index (χ4n) is 1.97. The third-order valence-electron chi connectivity index (χ3n) is 3.07. The monoisotopic (exact) mass is 371 g/mol. The van der Waals surface area contributed by atoms with E-state index in [0.717, 1.165) is 21.5 Å². The predicted molar refractivity (Wildman–Crippen MR) is 88.4 cm³/mol. The number of carbonyl (C=O) groups excluding carboxylic acids is 1. The van der Waals surface area contributed by atoms with Crippen LogP contribution in [0.1, 0.15) is 43.0 Å². The molecule has 0 aliphatic carbocycles. The van der Waals surface area contributed by atoms with Crippen LogP contribution in [-0.4, -0.2) is 17.6 Å². The number of nitrogens with two attached hydrogens (primary N) is 1. The molecular weight excluding hydrogens is 354 g/mol. The highest BCUT2D eigenvalue weighted by Crippen LogP contribution is 2.34. The van der Waals surface area contributed by atoms with E-state index >= 15 is 0 Å². The summed E-state index contributed by atoms with van der Waals surface area (Å²) in [7, 11) is 0. The van der Waals surface area contributed by atoms with Gasteiger partial charge in [-0.2, -0.15) is 0 Å². The highest BCUT2D eigenvalue weighted by molar-refractivity contribution is 9.11. The van der Waals surface area contributed by atoms with Gasteiger partial charge >= 0.3 is 0 Å². The van der Waals surface area contributed by atoms with Gasteiger partial charge < -0.3 is 15.6 Å². The maximum atomic E-state index is 12.3. The molecule has 0 saturated heterocycles. The lowest BCUT2D eigenvalue weighted by Crippen LogP contribution is -2.25. The quantitative estimate of drug-likeness (QED) is 0.719. The zero-order valence-electron chi connectivity index (χ0n) is 11.8. The highest BCUT2D eigenvalue weighted by atomic mass is 79.9. The average Bonchev–Trinajstić information content (AvgIpc) is 3.04. The van der Waals surface area contributed by atoms with Crippen LogP contribution < -0.4 is 11.1 Å². The number of nitrogens with zero attached hydrogens (tertiary/aromatic N) is 1. The number of aromatic nitrogens is 1. The standard InChI is InChI=1S/C14H18BrN3O2S/c1-2-3-4-5-8-17-14(19)11-12(18-20-13(11)16)9-6-7-10(15)21-9/h6-7H,2-5,8,16H2,1H3,(H,17,19). The van der Waals surface area contributed by atoms with Crippen LogP contribution in [0.3, 0.4) is 0 Å². The minimum atomic E-state index is -0.232. The molecule has 0 aliphatic heterocycles. The Balaban J connectivity index is 2.05. The molecule has 2 aromatic rings. The fraction of sp³-hybridized carbons (Fsp3) is 0.429. The smallest absolute Gasteiger partial charge is 0.259 e. The molecule has 0 aromatic carbocycles. The first-order valence-electron chi connectivity index (χ1n) is 6.92. The fourth-order valence-corrected chi connectivity index (χ4v) is 3.35. The molecule has 0 saturated carbocycles. The molecule has 7 heteroatoms. The van der Waals surface area contributed by atoms with Gasteiger partial charge in [0.2, 0.25) is 5.88 Å². The number of hydrogen-bond donors (Lipinski definition) is 2. The Morgan fingerprint density at radius 1 is 1.43 bits per heavy atom. The lowest BCUT2D eigenvalue weighted by atomic mass is 10.1. The number of thiophene rings is 1. The Kier molecular flexibility index (Phi) is 5.81. The number of nitrogen functional groups attached to an aromatic ring is 1. The van der Waals surface area contributed by atoms with Crippen LogP contribution in [0.15, 0.2) is 20.4 Å². The normalized spacial score (nSPS) is 10.8. The van der Waals surface area contributed by atoms with E-state index in [0.29, 0.717) is 17.8 Å². The SMILES string of the molecule is CCCCCCNC(=O)c1c(-c2ccc(Br)s2)noc1N. The molecule has 1 amide bonds. The van der Waals surface area contributed by atoms with Crippen molar-refractivity contribution in [2.75, 3.05) is 12.3 Å².